The molecule has 7 heteroatoms. The van der Waals surface area contributed by atoms with Crippen LogP contribution in [0.5, 0.6) is 0 Å². The van der Waals surface area contributed by atoms with Crippen LogP contribution in [0.25, 0.3) is 11.4 Å². The van der Waals surface area contributed by atoms with Crippen LogP contribution in [0.2, 0.25) is 0 Å². The molecule has 23 heavy (non-hydrogen) atoms. The maximum atomic E-state index is 13.5. The lowest BCUT2D eigenvalue weighted by molar-refractivity contribution is -0.116. The smallest absolute Gasteiger partial charge is 0.224 e. The number of H-pyrrole nitrogens is 1. The molecule has 1 aromatic heterocycles. The second-order valence-corrected chi connectivity index (χ2v) is 4.95. The zero-order valence-electron chi connectivity index (χ0n) is 12.2. The van der Waals surface area contributed by atoms with Crippen molar-refractivity contribution in [3.8, 4) is 11.4 Å². The third-order valence-corrected chi connectivity index (χ3v) is 3.35. The summed E-state index contributed by atoms with van der Waals surface area (Å²) >= 11 is 0. The highest BCUT2D eigenvalue weighted by atomic mass is 19.1. The normalized spacial score (nSPS) is 10.5. The van der Waals surface area contributed by atoms with Crippen LogP contribution in [-0.4, -0.2) is 26.5 Å². The van der Waals surface area contributed by atoms with Crippen molar-refractivity contribution in [1.82, 2.24) is 20.6 Å². The first-order valence-electron chi connectivity index (χ1n) is 7.09. The molecule has 2 N–H and O–H groups in total. The molecule has 0 radical (unpaired) electrons. The first-order valence-corrected chi connectivity index (χ1v) is 7.09. The lowest BCUT2D eigenvalue weighted by Crippen LogP contribution is -2.12. The van der Waals surface area contributed by atoms with Gasteiger partial charge in [0.05, 0.1) is 0 Å². The summed E-state index contributed by atoms with van der Waals surface area (Å²) in [6, 6.07) is 13.6. The van der Waals surface area contributed by atoms with Crippen molar-refractivity contribution in [2.24, 2.45) is 0 Å². The molecule has 6 nitrogen and oxygen atoms in total. The molecule has 0 aliphatic carbocycles. The molecule has 3 aromatic rings. The fraction of sp³-hybridized carbons (Fsp3) is 0.125. The summed E-state index contributed by atoms with van der Waals surface area (Å²) in [5.74, 6) is 0.0350. The number of aryl methyl sites for hydroxylation is 1. The summed E-state index contributed by atoms with van der Waals surface area (Å²) in [7, 11) is 0. The van der Waals surface area contributed by atoms with E-state index in [9.17, 15) is 9.18 Å². The van der Waals surface area contributed by atoms with Gasteiger partial charge in [0.25, 0.3) is 0 Å². The topological polar surface area (TPSA) is 83.6 Å². The van der Waals surface area contributed by atoms with E-state index in [4.69, 9.17) is 0 Å². The molecule has 0 fully saturated rings. The van der Waals surface area contributed by atoms with Crippen LogP contribution in [-0.2, 0) is 11.2 Å². The Morgan fingerprint density at radius 2 is 1.91 bits per heavy atom. The van der Waals surface area contributed by atoms with Crippen LogP contribution in [0.3, 0.4) is 0 Å². The van der Waals surface area contributed by atoms with Gasteiger partial charge in [-0.2, -0.15) is 5.21 Å². The van der Waals surface area contributed by atoms with Gasteiger partial charge in [-0.1, -0.05) is 18.2 Å². The van der Waals surface area contributed by atoms with Crippen LogP contribution < -0.4 is 5.32 Å². The number of amides is 1. The van der Waals surface area contributed by atoms with Crippen LogP contribution in [0, 0.1) is 5.82 Å². The van der Waals surface area contributed by atoms with Crippen molar-refractivity contribution in [2.75, 3.05) is 5.32 Å². The predicted molar refractivity (Wildman–Crippen MR) is 83.0 cm³/mol. The van der Waals surface area contributed by atoms with Crippen LogP contribution in [0.4, 0.5) is 10.1 Å². The van der Waals surface area contributed by atoms with E-state index in [1.54, 1.807) is 42.5 Å². The first kappa shape index (κ1) is 14.8. The van der Waals surface area contributed by atoms with E-state index in [0.717, 1.165) is 5.56 Å². The van der Waals surface area contributed by atoms with Gasteiger partial charge in [-0.3, -0.25) is 4.79 Å². The molecule has 116 valence electrons. The Hall–Kier alpha value is -3.09. The molecule has 1 heterocycles. The summed E-state index contributed by atoms with van der Waals surface area (Å²) < 4.78 is 13.5. The van der Waals surface area contributed by atoms with E-state index < -0.39 is 0 Å². The molecule has 3 rings (SSSR count). The Kier molecular flexibility index (Phi) is 4.37. The standard InChI is InChI=1S/C16H14FN5O/c17-14-4-2-1-3-11(14)7-10-15(23)18-13-8-5-12(6-9-13)16-19-21-22-20-16/h1-6,8-9H,7,10H2,(H,18,23)(H,19,20,21,22). The Morgan fingerprint density at radius 1 is 1.13 bits per heavy atom. The highest BCUT2D eigenvalue weighted by molar-refractivity contribution is 5.91. The van der Waals surface area contributed by atoms with Crippen molar-refractivity contribution in [2.45, 2.75) is 12.8 Å². The van der Waals surface area contributed by atoms with Crippen LogP contribution in [0.1, 0.15) is 12.0 Å². The van der Waals surface area contributed by atoms with Gasteiger partial charge in [0, 0.05) is 17.7 Å². The summed E-state index contributed by atoms with van der Waals surface area (Å²) in [5, 5.41) is 16.4. The van der Waals surface area contributed by atoms with E-state index in [1.165, 1.54) is 6.07 Å². The largest absolute Gasteiger partial charge is 0.326 e. The number of benzene rings is 2. The fourth-order valence-electron chi connectivity index (χ4n) is 2.16. The molecule has 0 saturated heterocycles. The summed E-state index contributed by atoms with van der Waals surface area (Å²) in [5.41, 5.74) is 1.99. The van der Waals surface area contributed by atoms with Gasteiger partial charge in [0.1, 0.15) is 5.82 Å². The average molecular weight is 311 g/mol. The highest BCUT2D eigenvalue weighted by Crippen LogP contribution is 2.17. The molecule has 0 atom stereocenters. The molecule has 0 aliphatic rings. The third kappa shape index (κ3) is 3.76. The van der Waals surface area contributed by atoms with Crippen molar-refractivity contribution in [3.05, 3.63) is 59.9 Å². The number of anilines is 1. The van der Waals surface area contributed by atoms with Gasteiger partial charge in [-0.05, 0) is 47.5 Å². The average Bonchev–Trinajstić information content (AvgIpc) is 3.09. The Labute approximate surface area is 131 Å². The minimum atomic E-state index is -0.287. The molecule has 1 amide bonds. The van der Waals surface area contributed by atoms with Gasteiger partial charge in [-0.15, -0.1) is 10.2 Å². The fourth-order valence-corrected chi connectivity index (χ4v) is 2.16. The molecule has 0 bridgehead atoms. The van der Waals surface area contributed by atoms with Crippen molar-refractivity contribution in [1.29, 1.82) is 0 Å². The Bertz CT molecular complexity index is 786. The first-order chi connectivity index (χ1) is 11.2. The second kappa shape index (κ2) is 6.78. The number of carbonyl (C=O) groups is 1. The number of hydrogen-bond acceptors (Lipinski definition) is 4. The predicted octanol–water partition coefficient (Wildman–Crippen LogP) is 2.58. The minimum absolute atomic E-state index is 0.166. The second-order valence-electron chi connectivity index (χ2n) is 4.95. The van der Waals surface area contributed by atoms with Crippen LogP contribution >= 0.6 is 0 Å². The molecule has 0 aliphatic heterocycles. The lowest BCUT2D eigenvalue weighted by Gasteiger charge is -2.06. The van der Waals surface area contributed by atoms with E-state index in [0.29, 0.717) is 23.5 Å². The van der Waals surface area contributed by atoms with E-state index in [1.807, 2.05) is 0 Å². The van der Waals surface area contributed by atoms with Crippen LogP contribution in [0.15, 0.2) is 48.5 Å². The maximum Gasteiger partial charge on any atom is 0.224 e. The van der Waals surface area contributed by atoms with E-state index in [2.05, 4.69) is 25.9 Å². The van der Waals surface area contributed by atoms with Gasteiger partial charge >= 0.3 is 0 Å². The number of hydrogen-bond donors (Lipinski definition) is 2. The van der Waals surface area contributed by atoms with Gasteiger partial charge in [0.2, 0.25) is 11.7 Å². The SMILES string of the molecule is O=C(CCc1ccccc1F)Nc1ccc(-c2nn[nH]n2)cc1. The summed E-state index contributed by atoms with van der Waals surface area (Å²) in [6.07, 6.45) is 0.576. The maximum absolute atomic E-state index is 13.5. The highest BCUT2D eigenvalue weighted by Gasteiger charge is 2.07. The zero-order valence-corrected chi connectivity index (χ0v) is 12.2. The monoisotopic (exact) mass is 311 g/mol. The number of rotatable bonds is 5. The zero-order chi connectivity index (χ0) is 16.1. The van der Waals surface area contributed by atoms with Crippen molar-refractivity contribution < 1.29 is 9.18 Å². The minimum Gasteiger partial charge on any atom is -0.326 e. The number of nitrogens with zero attached hydrogens (tertiary/aromatic N) is 3. The number of halogens is 1. The number of carbonyl (C=O) groups excluding carboxylic acids is 1. The third-order valence-electron chi connectivity index (χ3n) is 3.35. The number of nitrogens with one attached hydrogen (secondary N) is 2. The summed E-state index contributed by atoms with van der Waals surface area (Å²) in [6.45, 7) is 0. The Morgan fingerprint density at radius 3 is 2.61 bits per heavy atom. The number of aromatic nitrogens is 4. The molecular formula is C16H14FN5O. The number of aromatic amines is 1. The van der Waals surface area contributed by atoms with Gasteiger partial charge in [-0.25, -0.2) is 4.39 Å². The molecule has 0 spiro atoms. The van der Waals surface area contributed by atoms with E-state index >= 15 is 0 Å². The molecular weight excluding hydrogens is 297 g/mol. The Balaban J connectivity index is 1.57. The number of tetrazole rings is 1. The van der Waals surface area contributed by atoms with Crippen molar-refractivity contribution >= 4 is 11.6 Å². The molecule has 0 saturated carbocycles. The summed E-state index contributed by atoms with van der Waals surface area (Å²) in [4.78, 5) is 11.9. The molecule has 0 unspecified atom stereocenters. The van der Waals surface area contributed by atoms with Crippen molar-refractivity contribution in [3.63, 3.8) is 0 Å². The quantitative estimate of drug-likeness (QED) is 0.758. The molecule has 2 aromatic carbocycles. The van der Waals surface area contributed by atoms with Gasteiger partial charge in [0.15, 0.2) is 0 Å². The van der Waals surface area contributed by atoms with E-state index in [-0.39, 0.29) is 18.1 Å². The van der Waals surface area contributed by atoms with Gasteiger partial charge < -0.3 is 5.32 Å². The lowest BCUT2D eigenvalue weighted by atomic mass is 10.1.